The topological polar surface area (TPSA) is 35.2 Å². The predicted molar refractivity (Wildman–Crippen MR) is 75.3 cm³/mol. The third-order valence-electron chi connectivity index (χ3n) is 4.16. The lowest BCUT2D eigenvalue weighted by atomic mass is 9.70. The molecule has 18 heavy (non-hydrogen) atoms. The number of benzene rings is 1. The molecule has 2 N–H and O–H groups in total. The van der Waals surface area contributed by atoms with Crippen molar-refractivity contribution in [1.82, 2.24) is 0 Å². The summed E-state index contributed by atoms with van der Waals surface area (Å²) in [4.78, 5) is 4.62. The van der Waals surface area contributed by atoms with Crippen LogP contribution in [-0.4, -0.2) is 6.61 Å². The van der Waals surface area contributed by atoms with E-state index in [0.717, 1.165) is 12.3 Å². The summed E-state index contributed by atoms with van der Waals surface area (Å²) in [6.45, 7) is 5.38. The van der Waals surface area contributed by atoms with Crippen molar-refractivity contribution in [2.45, 2.75) is 51.9 Å². The first-order chi connectivity index (χ1) is 8.61. The fourth-order valence-electron chi connectivity index (χ4n) is 3.12. The molecule has 0 aromatic heterocycles. The molecule has 1 aliphatic rings. The van der Waals surface area contributed by atoms with Crippen LogP contribution in [0.2, 0.25) is 0 Å². The first-order valence-electron chi connectivity index (χ1n) is 7.01. The maximum Gasteiger partial charge on any atom is 0.0719 e. The second-order valence-corrected chi connectivity index (χ2v) is 6.32. The largest absolute Gasteiger partial charge is 0.304 e. The molecule has 0 radical (unpaired) electrons. The van der Waals surface area contributed by atoms with Crippen LogP contribution in [0.25, 0.3) is 0 Å². The molecular formula is C16H25NO. The van der Waals surface area contributed by atoms with Gasteiger partial charge in [0.2, 0.25) is 0 Å². The highest BCUT2D eigenvalue weighted by atomic mass is 16.6. The predicted octanol–water partition coefficient (Wildman–Crippen LogP) is 3.80. The lowest BCUT2D eigenvalue weighted by Gasteiger charge is -2.35. The summed E-state index contributed by atoms with van der Waals surface area (Å²) < 4.78 is 0. The van der Waals surface area contributed by atoms with E-state index in [1.54, 1.807) is 0 Å². The van der Waals surface area contributed by atoms with E-state index in [4.69, 9.17) is 5.90 Å². The highest BCUT2D eigenvalue weighted by molar-refractivity contribution is 5.26. The maximum absolute atomic E-state index is 5.05. The van der Waals surface area contributed by atoms with E-state index in [9.17, 15) is 0 Å². The van der Waals surface area contributed by atoms with Gasteiger partial charge in [-0.15, -0.1) is 0 Å². The molecule has 1 saturated carbocycles. The molecule has 1 aromatic carbocycles. The Morgan fingerprint density at radius 2 is 2.00 bits per heavy atom. The lowest BCUT2D eigenvalue weighted by Crippen LogP contribution is -2.21. The normalized spacial score (nSPS) is 22.9. The minimum atomic E-state index is 0.509. The van der Waals surface area contributed by atoms with Crippen LogP contribution in [0.3, 0.4) is 0 Å². The van der Waals surface area contributed by atoms with Gasteiger partial charge in [-0.05, 0) is 48.1 Å². The number of nitrogens with two attached hydrogens (primary N) is 1. The fourth-order valence-corrected chi connectivity index (χ4v) is 3.12. The molecule has 2 heteroatoms. The molecule has 0 amide bonds. The Labute approximate surface area is 110 Å². The summed E-state index contributed by atoms with van der Waals surface area (Å²) >= 11 is 0. The van der Waals surface area contributed by atoms with Gasteiger partial charge >= 0.3 is 0 Å². The van der Waals surface area contributed by atoms with Gasteiger partial charge in [-0.25, -0.2) is 5.90 Å². The third kappa shape index (κ3) is 3.56. The molecule has 0 bridgehead atoms. The molecule has 100 valence electrons. The van der Waals surface area contributed by atoms with Gasteiger partial charge in [-0.2, -0.15) is 0 Å². The van der Waals surface area contributed by atoms with Crippen LogP contribution in [0.15, 0.2) is 24.3 Å². The molecule has 0 aliphatic heterocycles. The van der Waals surface area contributed by atoms with Crippen molar-refractivity contribution in [2.75, 3.05) is 6.61 Å². The third-order valence-corrected chi connectivity index (χ3v) is 4.16. The van der Waals surface area contributed by atoms with Crippen LogP contribution in [-0.2, 0) is 11.3 Å². The number of hydrogen-bond donors (Lipinski definition) is 1. The Morgan fingerprint density at radius 1 is 1.28 bits per heavy atom. The Kier molecular flexibility index (Phi) is 4.41. The van der Waals surface area contributed by atoms with Gasteiger partial charge in [0, 0.05) is 0 Å². The monoisotopic (exact) mass is 247 g/mol. The summed E-state index contributed by atoms with van der Waals surface area (Å²) in [5, 5.41) is 0. The average molecular weight is 247 g/mol. The highest BCUT2D eigenvalue weighted by Crippen LogP contribution is 2.43. The van der Waals surface area contributed by atoms with E-state index in [1.165, 1.54) is 36.8 Å². The molecule has 1 aliphatic carbocycles. The van der Waals surface area contributed by atoms with Crippen LogP contribution in [0.4, 0.5) is 0 Å². The van der Waals surface area contributed by atoms with Crippen LogP contribution >= 0.6 is 0 Å². The van der Waals surface area contributed by atoms with Gasteiger partial charge in [0.05, 0.1) is 6.61 Å². The number of rotatable bonds is 4. The van der Waals surface area contributed by atoms with Gasteiger partial charge in [0.25, 0.3) is 0 Å². The minimum Gasteiger partial charge on any atom is -0.304 e. The molecule has 1 atom stereocenters. The Bertz CT molecular complexity index is 369. The van der Waals surface area contributed by atoms with Crippen molar-refractivity contribution in [1.29, 1.82) is 0 Å². The summed E-state index contributed by atoms with van der Waals surface area (Å²) in [6.07, 6.45) is 6.29. The van der Waals surface area contributed by atoms with E-state index < -0.39 is 0 Å². The molecule has 2 rings (SSSR count). The Morgan fingerprint density at radius 3 is 2.61 bits per heavy atom. The second kappa shape index (κ2) is 5.85. The first kappa shape index (κ1) is 13.6. The number of hydrogen-bond acceptors (Lipinski definition) is 2. The van der Waals surface area contributed by atoms with E-state index in [0.29, 0.717) is 12.0 Å². The summed E-state index contributed by atoms with van der Waals surface area (Å²) in [5.74, 6) is 5.80. The van der Waals surface area contributed by atoms with E-state index in [2.05, 4.69) is 43.0 Å². The van der Waals surface area contributed by atoms with Gasteiger partial charge in [-0.3, -0.25) is 0 Å². The molecule has 2 nitrogen and oxygen atoms in total. The van der Waals surface area contributed by atoms with Crippen LogP contribution in [0, 0.1) is 5.41 Å². The van der Waals surface area contributed by atoms with Crippen molar-refractivity contribution in [3.05, 3.63) is 35.4 Å². The highest BCUT2D eigenvalue weighted by Gasteiger charge is 2.28. The van der Waals surface area contributed by atoms with Crippen molar-refractivity contribution >= 4 is 0 Å². The SMILES string of the molecule is CC1(C)CCCC(c2ccc(CCON)cc2)C1. The van der Waals surface area contributed by atoms with E-state index in [-0.39, 0.29) is 0 Å². The standard InChI is InChI=1S/C16H25NO/c1-16(2)10-3-4-15(12-16)14-7-5-13(6-8-14)9-11-18-17/h5-8,15H,3-4,9-12,17H2,1-2H3. The Balaban J connectivity index is 2.00. The molecular weight excluding hydrogens is 222 g/mol. The van der Waals surface area contributed by atoms with Gasteiger partial charge in [0.1, 0.15) is 0 Å². The summed E-state index contributed by atoms with van der Waals surface area (Å²) in [6, 6.07) is 9.02. The molecule has 1 fully saturated rings. The van der Waals surface area contributed by atoms with Crippen molar-refractivity contribution < 1.29 is 4.84 Å². The molecule has 0 saturated heterocycles. The minimum absolute atomic E-state index is 0.509. The zero-order valence-electron chi connectivity index (χ0n) is 11.6. The molecule has 1 unspecified atom stereocenters. The first-order valence-corrected chi connectivity index (χ1v) is 7.01. The molecule has 1 aromatic rings. The smallest absolute Gasteiger partial charge is 0.0719 e. The summed E-state index contributed by atoms with van der Waals surface area (Å²) in [7, 11) is 0. The van der Waals surface area contributed by atoms with Gasteiger partial charge in [-0.1, -0.05) is 44.5 Å². The maximum atomic E-state index is 5.05. The average Bonchev–Trinajstić information content (AvgIpc) is 2.36. The Hall–Kier alpha value is -0.860. The van der Waals surface area contributed by atoms with Crippen molar-refractivity contribution in [3.63, 3.8) is 0 Å². The van der Waals surface area contributed by atoms with Gasteiger partial charge in [0.15, 0.2) is 0 Å². The second-order valence-electron chi connectivity index (χ2n) is 6.32. The van der Waals surface area contributed by atoms with Gasteiger partial charge < -0.3 is 4.84 Å². The quantitative estimate of drug-likeness (QED) is 0.821. The van der Waals surface area contributed by atoms with Crippen LogP contribution < -0.4 is 5.90 Å². The summed E-state index contributed by atoms with van der Waals surface area (Å²) in [5.41, 5.74) is 3.31. The zero-order valence-corrected chi connectivity index (χ0v) is 11.6. The van der Waals surface area contributed by atoms with Crippen molar-refractivity contribution in [3.8, 4) is 0 Å². The zero-order chi connectivity index (χ0) is 13.0. The van der Waals surface area contributed by atoms with Crippen LogP contribution in [0.5, 0.6) is 0 Å². The fraction of sp³-hybridized carbons (Fsp3) is 0.625. The van der Waals surface area contributed by atoms with Crippen LogP contribution in [0.1, 0.15) is 56.6 Å². The van der Waals surface area contributed by atoms with Crippen molar-refractivity contribution in [2.24, 2.45) is 11.3 Å². The lowest BCUT2D eigenvalue weighted by molar-refractivity contribution is 0.141. The van der Waals surface area contributed by atoms with E-state index >= 15 is 0 Å². The molecule has 0 heterocycles. The molecule has 0 spiro atoms. The van der Waals surface area contributed by atoms with E-state index in [1.807, 2.05) is 0 Å².